The number of amides is 1. The van der Waals surface area contributed by atoms with Crippen LogP contribution in [0.3, 0.4) is 0 Å². The van der Waals surface area contributed by atoms with Gasteiger partial charge in [-0.15, -0.1) is 0 Å². The summed E-state index contributed by atoms with van der Waals surface area (Å²) in [7, 11) is -3.93. The van der Waals surface area contributed by atoms with Gasteiger partial charge in [0, 0.05) is 18.8 Å². The lowest BCUT2D eigenvalue weighted by atomic mass is 10.1. The molecule has 0 aromatic heterocycles. The van der Waals surface area contributed by atoms with E-state index < -0.39 is 22.1 Å². The fourth-order valence-electron chi connectivity index (χ4n) is 3.74. The van der Waals surface area contributed by atoms with Crippen LogP contribution < -0.4 is 4.72 Å². The molecule has 2 aromatic carbocycles. The Bertz CT molecular complexity index is 1120. The summed E-state index contributed by atoms with van der Waals surface area (Å²) in [6.07, 6.45) is -1.22. The van der Waals surface area contributed by atoms with Gasteiger partial charge in [-0.05, 0) is 64.4 Å². The molecule has 1 saturated heterocycles. The van der Waals surface area contributed by atoms with Crippen molar-refractivity contribution in [1.82, 2.24) is 4.90 Å². The van der Waals surface area contributed by atoms with Crippen LogP contribution >= 0.6 is 0 Å². The monoisotopic (exact) mass is 474 g/mol. The van der Waals surface area contributed by atoms with Gasteiger partial charge in [0.25, 0.3) is 15.9 Å². The molecule has 1 N–H and O–H groups in total. The molecule has 0 saturated carbocycles. The lowest BCUT2D eigenvalue weighted by Crippen LogP contribution is -2.51. The second-order valence-corrected chi connectivity index (χ2v) is 10.2. The highest BCUT2D eigenvalue weighted by Crippen LogP contribution is 2.22. The van der Waals surface area contributed by atoms with Crippen LogP contribution in [0.1, 0.15) is 42.3 Å². The molecular formula is C24H30N2O6S. The van der Waals surface area contributed by atoms with Crippen molar-refractivity contribution < 1.29 is 27.5 Å². The third-order valence-electron chi connectivity index (χ3n) is 5.38. The first-order valence-corrected chi connectivity index (χ1v) is 12.3. The number of nitrogens with zero attached hydrogens (tertiary/aromatic N) is 1. The molecule has 9 heteroatoms. The Morgan fingerprint density at radius 2 is 1.67 bits per heavy atom. The van der Waals surface area contributed by atoms with E-state index in [4.69, 9.17) is 9.47 Å². The number of hydrogen-bond acceptors (Lipinski definition) is 6. The summed E-state index contributed by atoms with van der Waals surface area (Å²) in [6, 6.07) is 11.2. The quantitative estimate of drug-likeness (QED) is 0.645. The highest BCUT2D eigenvalue weighted by atomic mass is 32.2. The minimum atomic E-state index is -3.93. The van der Waals surface area contributed by atoms with Gasteiger partial charge in [-0.1, -0.05) is 23.8 Å². The molecule has 8 nitrogen and oxygen atoms in total. The number of esters is 1. The summed E-state index contributed by atoms with van der Waals surface area (Å²) in [5.74, 6) is -1.08. The number of carbonyl (C=O) groups excluding carboxylic acids is 2. The average molecular weight is 475 g/mol. The molecule has 1 aliphatic rings. The number of anilines is 1. The van der Waals surface area contributed by atoms with Crippen LogP contribution in [0.25, 0.3) is 0 Å². The largest absolute Gasteiger partial charge is 0.449 e. The number of morpholine rings is 1. The smallest absolute Gasteiger partial charge is 0.338 e. The molecule has 0 spiro atoms. The number of aryl methyl sites for hydroxylation is 2. The SMILES string of the molecule is Cc1ccc(NS(=O)(=O)c2cc(C(=O)O[C@H](C)C(=O)N3C[C@@H](C)O[C@H](C)C3)ccc2C)cc1. The Labute approximate surface area is 194 Å². The van der Waals surface area contributed by atoms with E-state index in [1.54, 1.807) is 36.1 Å². The number of carbonyl (C=O) groups is 2. The number of benzene rings is 2. The summed E-state index contributed by atoms with van der Waals surface area (Å²) < 4.78 is 39.4. The third-order valence-corrected chi connectivity index (χ3v) is 6.90. The molecule has 1 aliphatic heterocycles. The van der Waals surface area contributed by atoms with Gasteiger partial charge >= 0.3 is 5.97 Å². The zero-order valence-electron chi connectivity index (χ0n) is 19.5. The zero-order chi connectivity index (χ0) is 24.3. The molecule has 1 heterocycles. The first kappa shape index (κ1) is 24.7. The molecule has 2 aromatic rings. The van der Waals surface area contributed by atoms with Crippen molar-refractivity contribution in [2.45, 2.75) is 57.8 Å². The summed E-state index contributed by atoms with van der Waals surface area (Å²) in [5.41, 5.74) is 1.95. The van der Waals surface area contributed by atoms with Crippen LogP contribution in [0.15, 0.2) is 47.4 Å². The zero-order valence-corrected chi connectivity index (χ0v) is 20.3. The number of hydrogen-bond donors (Lipinski definition) is 1. The lowest BCUT2D eigenvalue weighted by Gasteiger charge is -2.36. The molecule has 0 aliphatic carbocycles. The summed E-state index contributed by atoms with van der Waals surface area (Å²) in [5, 5.41) is 0. The molecule has 0 radical (unpaired) electrons. The van der Waals surface area contributed by atoms with Crippen LogP contribution in [-0.4, -0.2) is 56.6 Å². The van der Waals surface area contributed by atoms with Gasteiger partial charge in [-0.3, -0.25) is 9.52 Å². The molecular weight excluding hydrogens is 444 g/mol. The predicted molar refractivity (Wildman–Crippen MR) is 125 cm³/mol. The Balaban J connectivity index is 1.74. The van der Waals surface area contributed by atoms with Crippen LogP contribution in [0.4, 0.5) is 5.69 Å². The van der Waals surface area contributed by atoms with Gasteiger partial charge in [0.1, 0.15) is 0 Å². The van der Waals surface area contributed by atoms with Gasteiger partial charge in [-0.25, -0.2) is 13.2 Å². The molecule has 0 bridgehead atoms. The number of ether oxygens (including phenoxy) is 2. The van der Waals surface area contributed by atoms with Crippen molar-refractivity contribution in [3.8, 4) is 0 Å². The van der Waals surface area contributed by atoms with Crippen LogP contribution in [-0.2, 0) is 24.3 Å². The fourth-order valence-corrected chi connectivity index (χ4v) is 5.07. The van der Waals surface area contributed by atoms with Crippen molar-refractivity contribution in [1.29, 1.82) is 0 Å². The average Bonchev–Trinajstić information content (AvgIpc) is 2.74. The molecule has 0 unspecified atom stereocenters. The van der Waals surface area contributed by atoms with Crippen molar-refractivity contribution in [3.05, 3.63) is 59.2 Å². The molecule has 3 atom stereocenters. The standard InChI is InChI=1S/C24H30N2O6S/c1-15-6-10-21(11-7-15)25-33(29,30)22-12-20(9-8-16(22)2)24(28)32-19(5)23(27)26-13-17(3)31-18(4)14-26/h6-12,17-19,25H,13-14H2,1-5H3/t17-,18-,19-/m1/s1. The summed E-state index contributed by atoms with van der Waals surface area (Å²) in [4.78, 5) is 27.1. The maximum absolute atomic E-state index is 12.9. The van der Waals surface area contributed by atoms with E-state index in [-0.39, 0.29) is 28.6 Å². The Morgan fingerprint density at radius 1 is 1.06 bits per heavy atom. The number of sulfonamides is 1. The maximum Gasteiger partial charge on any atom is 0.338 e. The Morgan fingerprint density at radius 3 is 2.27 bits per heavy atom. The van der Waals surface area contributed by atoms with Gasteiger partial charge in [0.15, 0.2) is 6.10 Å². The Hall–Kier alpha value is -2.91. The minimum absolute atomic E-state index is 0.0349. The second kappa shape index (κ2) is 9.93. The van der Waals surface area contributed by atoms with E-state index in [9.17, 15) is 18.0 Å². The summed E-state index contributed by atoms with van der Waals surface area (Å²) >= 11 is 0. The third kappa shape index (κ3) is 6.11. The van der Waals surface area contributed by atoms with Crippen molar-refractivity contribution in [2.24, 2.45) is 0 Å². The van der Waals surface area contributed by atoms with E-state index in [1.807, 2.05) is 20.8 Å². The van der Waals surface area contributed by atoms with Crippen molar-refractivity contribution in [2.75, 3.05) is 17.8 Å². The molecule has 3 rings (SSSR count). The highest BCUT2D eigenvalue weighted by Gasteiger charge is 2.31. The number of rotatable bonds is 6. The van der Waals surface area contributed by atoms with E-state index in [2.05, 4.69) is 4.72 Å². The molecule has 178 valence electrons. The van der Waals surface area contributed by atoms with E-state index >= 15 is 0 Å². The molecule has 1 fully saturated rings. The van der Waals surface area contributed by atoms with E-state index in [1.165, 1.54) is 25.1 Å². The molecule has 33 heavy (non-hydrogen) atoms. The lowest BCUT2D eigenvalue weighted by molar-refractivity contribution is -0.151. The Kier molecular flexibility index (Phi) is 7.44. The topological polar surface area (TPSA) is 102 Å². The minimum Gasteiger partial charge on any atom is -0.449 e. The van der Waals surface area contributed by atoms with Crippen LogP contribution in [0.5, 0.6) is 0 Å². The van der Waals surface area contributed by atoms with Crippen molar-refractivity contribution in [3.63, 3.8) is 0 Å². The fraction of sp³-hybridized carbons (Fsp3) is 0.417. The summed E-state index contributed by atoms with van der Waals surface area (Å²) in [6.45, 7) is 9.66. The molecule has 1 amide bonds. The second-order valence-electron chi connectivity index (χ2n) is 8.50. The van der Waals surface area contributed by atoms with Gasteiger partial charge in [-0.2, -0.15) is 0 Å². The first-order chi connectivity index (χ1) is 15.5. The van der Waals surface area contributed by atoms with Gasteiger partial charge in [0.2, 0.25) is 0 Å². The first-order valence-electron chi connectivity index (χ1n) is 10.8. The van der Waals surface area contributed by atoms with Gasteiger partial charge in [0.05, 0.1) is 22.7 Å². The predicted octanol–water partition coefficient (Wildman–Crippen LogP) is 3.29. The highest BCUT2D eigenvalue weighted by molar-refractivity contribution is 7.92. The maximum atomic E-state index is 12.9. The van der Waals surface area contributed by atoms with Gasteiger partial charge < -0.3 is 14.4 Å². The number of nitrogens with one attached hydrogen (secondary N) is 1. The van der Waals surface area contributed by atoms with Crippen molar-refractivity contribution >= 4 is 27.6 Å². The normalized spacial score (nSPS) is 19.6. The van der Waals surface area contributed by atoms with Crippen LogP contribution in [0, 0.1) is 13.8 Å². The van der Waals surface area contributed by atoms with E-state index in [0.29, 0.717) is 24.3 Å². The van der Waals surface area contributed by atoms with E-state index in [0.717, 1.165) is 5.56 Å². The van der Waals surface area contributed by atoms with Crippen LogP contribution in [0.2, 0.25) is 0 Å².